The first-order valence-corrected chi connectivity index (χ1v) is 8.71. The number of hydrogen-bond donors (Lipinski definition) is 2. The highest BCUT2D eigenvalue weighted by molar-refractivity contribution is 5.78. The van der Waals surface area contributed by atoms with E-state index in [2.05, 4.69) is 27.2 Å². The van der Waals surface area contributed by atoms with Crippen LogP contribution in [-0.2, 0) is 0 Å². The Morgan fingerprint density at radius 2 is 1.81 bits per heavy atom. The summed E-state index contributed by atoms with van der Waals surface area (Å²) in [5.41, 5.74) is 6.04. The molecule has 21 heavy (non-hydrogen) atoms. The zero-order valence-corrected chi connectivity index (χ0v) is 13.7. The first-order valence-electron chi connectivity index (χ1n) is 8.71. The van der Waals surface area contributed by atoms with Gasteiger partial charge in [-0.05, 0) is 39.4 Å². The molecule has 0 bridgehead atoms. The van der Waals surface area contributed by atoms with E-state index in [-0.39, 0.29) is 0 Å². The molecule has 122 valence electrons. The summed E-state index contributed by atoms with van der Waals surface area (Å²) in [7, 11) is 2.20. The van der Waals surface area contributed by atoms with Gasteiger partial charge in [-0.1, -0.05) is 25.7 Å². The third-order valence-electron chi connectivity index (χ3n) is 4.72. The third-order valence-corrected chi connectivity index (χ3v) is 4.72. The molecule has 0 aromatic rings. The molecule has 1 saturated heterocycles. The molecule has 0 aromatic carbocycles. The lowest BCUT2D eigenvalue weighted by Gasteiger charge is -2.20. The van der Waals surface area contributed by atoms with Crippen molar-refractivity contribution in [1.29, 1.82) is 0 Å². The summed E-state index contributed by atoms with van der Waals surface area (Å²) in [6.45, 7) is 6.57. The van der Waals surface area contributed by atoms with Crippen molar-refractivity contribution in [2.75, 3.05) is 46.3 Å². The van der Waals surface area contributed by atoms with Gasteiger partial charge in [-0.3, -0.25) is 4.99 Å². The number of rotatable bonds is 4. The summed E-state index contributed by atoms with van der Waals surface area (Å²) >= 11 is 0. The fourth-order valence-corrected chi connectivity index (χ4v) is 3.31. The number of aliphatic imine (C=N–C) groups is 1. The van der Waals surface area contributed by atoms with E-state index in [9.17, 15) is 0 Å². The van der Waals surface area contributed by atoms with Crippen LogP contribution in [-0.4, -0.2) is 68.1 Å². The Hall–Kier alpha value is -0.810. The topological polar surface area (TPSA) is 56.9 Å². The molecule has 5 heteroatoms. The highest BCUT2D eigenvalue weighted by atomic mass is 15.2. The van der Waals surface area contributed by atoms with Gasteiger partial charge in [-0.25, -0.2) is 0 Å². The predicted molar refractivity (Wildman–Crippen MR) is 89.7 cm³/mol. The molecule has 0 amide bonds. The average molecular weight is 295 g/mol. The number of nitrogens with two attached hydrogens (primary N) is 1. The van der Waals surface area contributed by atoms with E-state index in [1.54, 1.807) is 0 Å². The Morgan fingerprint density at radius 3 is 2.57 bits per heavy atom. The van der Waals surface area contributed by atoms with Gasteiger partial charge >= 0.3 is 0 Å². The highest BCUT2D eigenvalue weighted by Crippen LogP contribution is 2.16. The van der Waals surface area contributed by atoms with Crippen LogP contribution in [0.5, 0.6) is 0 Å². The fourth-order valence-electron chi connectivity index (χ4n) is 3.31. The summed E-state index contributed by atoms with van der Waals surface area (Å²) in [4.78, 5) is 9.43. The second-order valence-electron chi connectivity index (χ2n) is 6.60. The van der Waals surface area contributed by atoms with E-state index in [0.717, 1.165) is 19.6 Å². The van der Waals surface area contributed by atoms with Gasteiger partial charge in [0.1, 0.15) is 0 Å². The van der Waals surface area contributed by atoms with Crippen molar-refractivity contribution in [3.63, 3.8) is 0 Å². The molecule has 0 unspecified atom stereocenters. The molecule has 0 radical (unpaired) electrons. The maximum Gasteiger partial charge on any atom is 0.188 e. The third kappa shape index (κ3) is 6.66. The van der Waals surface area contributed by atoms with Gasteiger partial charge in [0.05, 0.1) is 6.54 Å². The Labute approximate surface area is 130 Å². The average Bonchev–Trinajstić information content (AvgIpc) is 2.82. The highest BCUT2D eigenvalue weighted by Gasteiger charge is 2.13. The Morgan fingerprint density at radius 1 is 1.05 bits per heavy atom. The first-order chi connectivity index (χ1) is 10.2. The molecule has 1 aliphatic heterocycles. The van der Waals surface area contributed by atoms with E-state index in [1.807, 2.05) is 0 Å². The number of guanidine groups is 1. The van der Waals surface area contributed by atoms with Gasteiger partial charge in [0.25, 0.3) is 0 Å². The number of hydrogen-bond acceptors (Lipinski definition) is 3. The quantitative estimate of drug-likeness (QED) is 0.466. The second kappa shape index (κ2) is 9.26. The normalized spacial score (nSPS) is 24.5. The van der Waals surface area contributed by atoms with Gasteiger partial charge in [0.15, 0.2) is 5.96 Å². The van der Waals surface area contributed by atoms with E-state index < -0.39 is 0 Å². The number of nitrogens with one attached hydrogen (secondary N) is 1. The number of likely N-dealkylation sites (N-methyl/N-ethyl adjacent to an activating group) is 1. The molecule has 0 spiro atoms. The molecule has 1 saturated carbocycles. The van der Waals surface area contributed by atoms with Crippen molar-refractivity contribution in [2.24, 2.45) is 10.7 Å². The molecule has 3 N–H and O–H groups in total. The summed E-state index contributed by atoms with van der Waals surface area (Å²) in [6, 6.07) is 0.545. The monoisotopic (exact) mass is 295 g/mol. The van der Waals surface area contributed by atoms with E-state index >= 15 is 0 Å². The molecule has 0 atom stereocenters. The van der Waals surface area contributed by atoms with Crippen LogP contribution in [0, 0.1) is 0 Å². The standard InChI is InChI=1S/C16H33N5/c1-20-10-6-11-21(14-13-20)12-9-18-16(17)19-15-7-4-2-3-5-8-15/h15H,2-14H2,1H3,(H3,17,18,19). The molecule has 1 aliphatic carbocycles. The van der Waals surface area contributed by atoms with E-state index in [4.69, 9.17) is 5.73 Å². The second-order valence-corrected chi connectivity index (χ2v) is 6.60. The first kappa shape index (κ1) is 16.6. The fraction of sp³-hybridized carbons (Fsp3) is 0.938. The molecule has 5 nitrogen and oxygen atoms in total. The summed E-state index contributed by atoms with van der Waals surface area (Å²) in [5.74, 6) is 0.647. The van der Waals surface area contributed by atoms with Crippen LogP contribution >= 0.6 is 0 Å². The minimum absolute atomic E-state index is 0.545. The molecule has 2 fully saturated rings. The summed E-state index contributed by atoms with van der Waals surface area (Å²) in [6.07, 6.45) is 9.15. The van der Waals surface area contributed by atoms with Crippen LogP contribution in [0.2, 0.25) is 0 Å². The maximum absolute atomic E-state index is 6.04. The minimum Gasteiger partial charge on any atom is -0.370 e. The molecular weight excluding hydrogens is 262 g/mol. The summed E-state index contributed by atoms with van der Waals surface area (Å²) in [5, 5.41) is 3.42. The van der Waals surface area contributed by atoms with Crippen LogP contribution < -0.4 is 11.1 Å². The van der Waals surface area contributed by atoms with Crippen molar-refractivity contribution in [1.82, 2.24) is 15.1 Å². The van der Waals surface area contributed by atoms with Gasteiger partial charge < -0.3 is 20.9 Å². The Bertz CT molecular complexity index is 310. The van der Waals surface area contributed by atoms with Crippen molar-refractivity contribution >= 4 is 5.96 Å². The zero-order valence-electron chi connectivity index (χ0n) is 13.7. The van der Waals surface area contributed by atoms with Crippen LogP contribution in [0.3, 0.4) is 0 Å². The van der Waals surface area contributed by atoms with Gasteiger partial charge in [-0.15, -0.1) is 0 Å². The minimum atomic E-state index is 0.545. The lowest BCUT2D eigenvalue weighted by atomic mass is 10.1. The van der Waals surface area contributed by atoms with Crippen molar-refractivity contribution < 1.29 is 0 Å². The van der Waals surface area contributed by atoms with E-state index in [1.165, 1.54) is 64.6 Å². The Balaban J connectivity index is 1.65. The molecule has 2 aliphatic rings. The largest absolute Gasteiger partial charge is 0.370 e. The van der Waals surface area contributed by atoms with Crippen LogP contribution in [0.4, 0.5) is 0 Å². The van der Waals surface area contributed by atoms with Gasteiger partial charge in [0, 0.05) is 25.7 Å². The van der Waals surface area contributed by atoms with Crippen molar-refractivity contribution in [2.45, 2.75) is 51.0 Å². The lowest BCUT2D eigenvalue weighted by molar-refractivity contribution is 0.283. The van der Waals surface area contributed by atoms with Crippen LogP contribution in [0.25, 0.3) is 0 Å². The van der Waals surface area contributed by atoms with Gasteiger partial charge in [0.2, 0.25) is 0 Å². The molecule has 1 heterocycles. The van der Waals surface area contributed by atoms with E-state index in [0.29, 0.717) is 12.0 Å². The van der Waals surface area contributed by atoms with Crippen molar-refractivity contribution in [3.8, 4) is 0 Å². The van der Waals surface area contributed by atoms with Crippen LogP contribution in [0.1, 0.15) is 44.9 Å². The smallest absolute Gasteiger partial charge is 0.188 e. The summed E-state index contributed by atoms with van der Waals surface area (Å²) < 4.78 is 0. The molecule has 2 rings (SSSR count). The van der Waals surface area contributed by atoms with Gasteiger partial charge in [-0.2, -0.15) is 0 Å². The maximum atomic E-state index is 6.04. The zero-order chi connectivity index (χ0) is 14.9. The Kier molecular flexibility index (Phi) is 7.30. The number of nitrogens with zero attached hydrogens (tertiary/aromatic N) is 3. The molecular formula is C16H33N5. The van der Waals surface area contributed by atoms with Crippen molar-refractivity contribution in [3.05, 3.63) is 0 Å². The van der Waals surface area contributed by atoms with Crippen LogP contribution in [0.15, 0.2) is 4.99 Å². The SMILES string of the molecule is CN1CCCN(CCN=C(N)NC2CCCCCC2)CC1. The molecule has 0 aromatic heterocycles. The predicted octanol–water partition coefficient (Wildman–Crippen LogP) is 1.25. The lowest BCUT2D eigenvalue weighted by Crippen LogP contribution is -2.40.